The van der Waals surface area contributed by atoms with Gasteiger partial charge < -0.3 is 9.84 Å². The lowest BCUT2D eigenvalue weighted by atomic mass is 10.4. The molecule has 0 amide bonds. The first kappa shape index (κ1) is 11.1. The molecule has 0 radical (unpaired) electrons. The molecule has 0 fully saturated rings. The molecule has 3 heterocycles. The second kappa shape index (κ2) is 4.69. The van der Waals surface area contributed by atoms with E-state index in [1.54, 1.807) is 18.3 Å². The number of fused-ring (bicyclic) bond motifs is 1. The normalized spacial score (nSPS) is 10.9. The topological polar surface area (TPSA) is 76.7 Å². The van der Waals surface area contributed by atoms with E-state index >= 15 is 0 Å². The summed E-state index contributed by atoms with van der Waals surface area (Å²) in [6.07, 6.45) is 2.48. The molecule has 0 atom stereocenters. The van der Waals surface area contributed by atoms with Gasteiger partial charge >= 0.3 is 0 Å². The average molecular weight is 261 g/mol. The maximum absolute atomic E-state index is 5.02. The van der Waals surface area contributed by atoms with Crippen molar-refractivity contribution in [3.63, 3.8) is 0 Å². The number of rotatable bonds is 4. The highest BCUT2D eigenvalue weighted by atomic mass is 32.1. The molecule has 7 heteroatoms. The Morgan fingerprint density at radius 1 is 1.39 bits per heavy atom. The Kier molecular flexibility index (Phi) is 2.89. The molecule has 92 valence electrons. The smallest absolute Gasteiger partial charge is 0.228 e. The molecule has 1 N–H and O–H groups in total. The molecule has 0 spiro atoms. The molecule has 18 heavy (non-hydrogen) atoms. The molecule has 0 aliphatic rings. The Morgan fingerprint density at radius 2 is 2.33 bits per heavy atom. The molecule has 0 bridgehead atoms. The van der Waals surface area contributed by atoms with Crippen molar-refractivity contribution in [1.82, 2.24) is 20.1 Å². The third-order valence-electron chi connectivity index (χ3n) is 2.40. The van der Waals surface area contributed by atoms with Gasteiger partial charge in [0.25, 0.3) is 0 Å². The summed E-state index contributed by atoms with van der Waals surface area (Å²) in [5.41, 5.74) is 0. The molecule has 0 unspecified atom stereocenters. The number of thiophene rings is 1. The van der Waals surface area contributed by atoms with Crippen LogP contribution >= 0.6 is 11.3 Å². The zero-order valence-electron chi connectivity index (χ0n) is 9.75. The van der Waals surface area contributed by atoms with E-state index in [1.165, 1.54) is 0 Å². The molecule has 3 aromatic rings. The Balaban J connectivity index is 1.62. The van der Waals surface area contributed by atoms with Crippen molar-refractivity contribution in [2.45, 2.75) is 13.3 Å². The Hall–Kier alpha value is -2.02. The van der Waals surface area contributed by atoms with E-state index in [0.29, 0.717) is 30.6 Å². The lowest BCUT2D eigenvalue weighted by molar-refractivity contribution is 0.377. The van der Waals surface area contributed by atoms with E-state index in [0.717, 1.165) is 10.2 Å². The van der Waals surface area contributed by atoms with E-state index in [1.807, 2.05) is 17.6 Å². The van der Waals surface area contributed by atoms with E-state index in [-0.39, 0.29) is 0 Å². The quantitative estimate of drug-likeness (QED) is 0.774. The Labute approximate surface area is 107 Å². The number of aromatic nitrogens is 4. The van der Waals surface area contributed by atoms with Gasteiger partial charge in [0.05, 0.1) is 0 Å². The van der Waals surface area contributed by atoms with Gasteiger partial charge in [-0.25, -0.2) is 9.97 Å². The van der Waals surface area contributed by atoms with Crippen LogP contribution in [0.5, 0.6) is 0 Å². The summed E-state index contributed by atoms with van der Waals surface area (Å²) in [6.45, 7) is 2.47. The highest BCUT2D eigenvalue weighted by Crippen LogP contribution is 2.18. The first-order valence-electron chi connectivity index (χ1n) is 5.54. The minimum atomic E-state index is 0.622. The van der Waals surface area contributed by atoms with Crippen molar-refractivity contribution in [2.75, 3.05) is 11.9 Å². The Morgan fingerprint density at radius 3 is 3.17 bits per heavy atom. The highest BCUT2D eigenvalue weighted by Gasteiger charge is 2.04. The molecule has 0 aromatic carbocycles. The summed E-state index contributed by atoms with van der Waals surface area (Å²) in [5.74, 6) is 1.90. The fourth-order valence-electron chi connectivity index (χ4n) is 1.56. The van der Waals surface area contributed by atoms with Gasteiger partial charge in [-0.05, 0) is 18.4 Å². The van der Waals surface area contributed by atoms with Crippen molar-refractivity contribution in [2.24, 2.45) is 0 Å². The summed E-state index contributed by atoms with van der Waals surface area (Å²) >= 11 is 1.60. The molecule has 0 aliphatic heterocycles. The van der Waals surface area contributed by atoms with Crippen molar-refractivity contribution in [1.29, 1.82) is 0 Å². The second-order valence-electron chi connectivity index (χ2n) is 3.79. The number of nitrogens with one attached hydrogen (secondary N) is 1. The third-order valence-corrected chi connectivity index (χ3v) is 3.22. The van der Waals surface area contributed by atoms with Gasteiger partial charge in [-0.1, -0.05) is 5.16 Å². The van der Waals surface area contributed by atoms with E-state index in [4.69, 9.17) is 4.52 Å². The maximum Gasteiger partial charge on any atom is 0.228 e. The third kappa shape index (κ3) is 2.30. The van der Waals surface area contributed by atoms with Crippen molar-refractivity contribution in [3.05, 3.63) is 29.4 Å². The fourth-order valence-corrected chi connectivity index (χ4v) is 2.30. The lowest BCUT2D eigenvalue weighted by Gasteiger charge is -2.01. The minimum absolute atomic E-state index is 0.622. The van der Waals surface area contributed by atoms with Crippen LogP contribution in [0.3, 0.4) is 0 Å². The van der Waals surface area contributed by atoms with Crippen LogP contribution in [-0.4, -0.2) is 26.7 Å². The maximum atomic E-state index is 5.02. The largest absolute Gasteiger partial charge is 0.354 e. The van der Waals surface area contributed by atoms with Crippen LogP contribution in [-0.2, 0) is 6.42 Å². The van der Waals surface area contributed by atoms with Gasteiger partial charge in [0.15, 0.2) is 5.82 Å². The van der Waals surface area contributed by atoms with Gasteiger partial charge in [0.2, 0.25) is 11.8 Å². The molecular weight excluding hydrogens is 250 g/mol. The van der Waals surface area contributed by atoms with Crippen LogP contribution in [0.25, 0.3) is 10.2 Å². The first-order valence-corrected chi connectivity index (χ1v) is 6.42. The summed E-state index contributed by atoms with van der Waals surface area (Å²) in [6, 6.07) is 2.00. The zero-order valence-corrected chi connectivity index (χ0v) is 10.6. The summed E-state index contributed by atoms with van der Waals surface area (Å²) in [4.78, 5) is 13.7. The molecule has 0 saturated heterocycles. The fraction of sp³-hybridized carbons (Fsp3) is 0.273. The van der Waals surface area contributed by atoms with Gasteiger partial charge in [0.1, 0.15) is 4.83 Å². The van der Waals surface area contributed by atoms with Crippen LogP contribution < -0.4 is 5.32 Å². The van der Waals surface area contributed by atoms with Gasteiger partial charge in [0, 0.05) is 24.5 Å². The van der Waals surface area contributed by atoms with Crippen molar-refractivity contribution < 1.29 is 4.52 Å². The summed E-state index contributed by atoms with van der Waals surface area (Å²) in [5, 5.41) is 9.95. The standard InChI is InChI=1S/C11H11N5OS/c1-7-14-9(17-16-7)2-4-12-11-13-6-8-3-5-18-10(8)15-11/h3,5-6H,2,4H2,1H3,(H,12,13,15). The number of hydrogen-bond donors (Lipinski definition) is 1. The molecule has 0 aliphatic carbocycles. The van der Waals surface area contributed by atoms with Gasteiger partial charge in [-0.2, -0.15) is 4.98 Å². The lowest BCUT2D eigenvalue weighted by Crippen LogP contribution is -2.07. The number of aryl methyl sites for hydroxylation is 1. The molecule has 3 aromatic heterocycles. The Bertz CT molecular complexity index is 662. The van der Waals surface area contributed by atoms with Crippen molar-refractivity contribution >= 4 is 27.5 Å². The monoisotopic (exact) mass is 261 g/mol. The zero-order chi connectivity index (χ0) is 12.4. The van der Waals surface area contributed by atoms with Crippen LogP contribution in [0.15, 0.2) is 22.2 Å². The number of nitrogens with zero attached hydrogens (tertiary/aromatic N) is 4. The van der Waals surface area contributed by atoms with Crippen LogP contribution in [0.2, 0.25) is 0 Å². The predicted molar refractivity (Wildman–Crippen MR) is 68.6 cm³/mol. The molecule has 3 rings (SSSR count). The van der Waals surface area contributed by atoms with E-state index in [9.17, 15) is 0 Å². The first-order chi connectivity index (χ1) is 8.81. The predicted octanol–water partition coefficient (Wildman–Crippen LogP) is 2.04. The molecule has 6 nitrogen and oxygen atoms in total. The van der Waals surface area contributed by atoms with Crippen LogP contribution in [0.1, 0.15) is 11.7 Å². The van der Waals surface area contributed by atoms with Gasteiger partial charge in [-0.15, -0.1) is 11.3 Å². The molecule has 0 saturated carbocycles. The van der Waals surface area contributed by atoms with Crippen molar-refractivity contribution in [3.8, 4) is 0 Å². The van der Waals surface area contributed by atoms with Gasteiger partial charge in [-0.3, -0.25) is 0 Å². The molecular formula is C11H11N5OS. The number of anilines is 1. The van der Waals surface area contributed by atoms with Crippen LogP contribution in [0, 0.1) is 6.92 Å². The van der Waals surface area contributed by atoms with E-state index < -0.39 is 0 Å². The average Bonchev–Trinajstić information content (AvgIpc) is 2.97. The SMILES string of the molecule is Cc1noc(CCNc2ncc3ccsc3n2)n1. The highest BCUT2D eigenvalue weighted by molar-refractivity contribution is 7.16. The number of hydrogen-bond acceptors (Lipinski definition) is 7. The second-order valence-corrected chi connectivity index (χ2v) is 4.68. The summed E-state index contributed by atoms with van der Waals surface area (Å²) in [7, 11) is 0. The van der Waals surface area contributed by atoms with Crippen LogP contribution in [0.4, 0.5) is 5.95 Å². The minimum Gasteiger partial charge on any atom is -0.354 e. The van der Waals surface area contributed by atoms with E-state index in [2.05, 4.69) is 25.4 Å². The summed E-state index contributed by atoms with van der Waals surface area (Å²) < 4.78 is 5.02.